The molecule has 0 radical (unpaired) electrons. The van der Waals surface area contributed by atoms with E-state index >= 15 is 0 Å². The SMILES string of the molecule is CCCCCCOc1ccc(N2C(=O)C[C@@H](NCc3ccc(S(N)(=O)=O)cc3)C2=O)cc1. The number of benzene rings is 2. The molecule has 1 heterocycles. The highest BCUT2D eigenvalue weighted by Crippen LogP contribution is 2.25. The maximum absolute atomic E-state index is 12.8. The van der Waals surface area contributed by atoms with E-state index in [0.717, 1.165) is 18.4 Å². The van der Waals surface area contributed by atoms with E-state index in [-0.39, 0.29) is 23.1 Å². The largest absolute Gasteiger partial charge is 0.494 e. The Hall–Kier alpha value is -2.75. The Bertz CT molecular complexity index is 1040. The second kappa shape index (κ2) is 10.7. The van der Waals surface area contributed by atoms with Crippen molar-refractivity contribution in [2.24, 2.45) is 5.14 Å². The van der Waals surface area contributed by atoms with Gasteiger partial charge in [-0.15, -0.1) is 0 Å². The highest BCUT2D eigenvalue weighted by Gasteiger charge is 2.39. The van der Waals surface area contributed by atoms with Crippen LogP contribution in [0.5, 0.6) is 5.75 Å². The third-order valence-corrected chi connectivity index (χ3v) is 6.24. The van der Waals surface area contributed by atoms with Crippen molar-refractivity contribution >= 4 is 27.5 Å². The zero-order chi connectivity index (χ0) is 23.1. The van der Waals surface area contributed by atoms with E-state index in [1.807, 2.05) is 0 Å². The quantitative estimate of drug-likeness (QED) is 0.394. The predicted octanol–water partition coefficient (Wildman–Crippen LogP) is 2.71. The van der Waals surface area contributed by atoms with Gasteiger partial charge in [-0.2, -0.15) is 0 Å². The molecule has 1 atom stereocenters. The third kappa shape index (κ3) is 6.15. The molecule has 1 aliphatic heterocycles. The molecule has 9 heteroatoms. The highest BCUT2D eigenvalue weighted by atomic mass is 32.2. The van der Waals surface area contributed by atoms with Crippen LogP contribution in [0.1, 0.15) is 44.6 Å². The molecule has 3 N–H and O–H groups in total. The Kier molecular flexibility index (Phi) is 8.00. The normalized spacial score (nSPS) is 16.6. The minimum atomic E-state index is -3.75. The Balaban J connectivity index is 1.55. The Morgan fingerprint density at radius 3 is 2.34 bits per heavy atom. The van der Waals surface area contributed by atoms with E-state index in [1.54, 1.807) is 36.4 Å². The monoisotopic (exact) mass is 459 g/mol. The number of amides is 2. The van der Waals surface area contributed by atoms with Gasteiger partial charge in [-0.25, -0.2) is 18.5 Å². The lowest BCUT2D eigenvalue weighted by molar-refractivity contribution is -0.121. The molecule has 0 saturated carbocycles. The van der Waals surface area contributed by atoms with Crippen LogP contribution in [0, 0.1) is 0 Å². The number of sulfonamides is 1. The Labute approximate surface area is 188 Å². The lowest BCUT2D eigenvalue weighted by Crippen LogP contribution is -2.38. The van der Waals surface area contributed by atoms with Crippen LogP contribution in [0.2, 0.25) is 0 Å². The van der Waals surface area contributed by atoms with Gasteiger partial charge < -0.3 is 10.1 Å². The van der Waals surface area contributed by atoms with Crippen LogP contribution in [-0.2, 0) is 26.2 Å². The third-order valence-electron chi connectivity index (χ3n) is 5.31. The fourth-order valence-corrected chi connectivity index (χ4v) is 4.03. The van der Waals surface area contributed by atoms with Crippen LogP contribution >= 0.6 is 0 Å². The minimum absolute atomic E-state index is 0.0212. The van der Waals surface area contributed by atoms with Crippen molar-refractivity contribution in [1.82, 2.24) is 5.32 Å². The summed E-state index contributed by atoms with van der Waals surface area (Å²) in [4.78, 5) is 26.5. The van der Waals surface area contributed by atoms with E-state index in [4.69, 9.17) is 9.88 Å². The van der Waals surface area contributed by atoms with Crippen LogP contribution in [0.4, 0.5) is 5.69 Å². The number of carbonyl (C=O) groups excluding carboxylic acids is 2. The molecule has 0 aliphatic carbocycles. The van der Waals surface area contributed by atoms with E-state index in [1.165, 1.54) is 29.9 Å². The number of unbranched alkanes of at least 4 members (excludes halogenated alkanes) is 3. The molecule has 32 heavy (non-hydrogen) atoms. The number of anilines is 1. The van der Waals surface area contributed by atoms with Gasteiger partial charge in [0.15, 0.2) is 0 Å². The highest BCUT2D eigenvalue weighted by molar-refractivity contribution is 7.89. The second-order valence-corrected chi connectivity index (χ2v) is 9.36. The zero-order valence-corrected chi connectivity index (χ0v) is 18.9. The first-order valence-electron chi connectivity index (χ1n) is 10.7. The number of carbonyl (C=O) groups is 2. The molecule has 172 valence electrons. The molecule has 2 aromatic rings. The second-order valence-electron chi connectivity index (χ2n) is 7.80. The van der Waals surface area contributed by atoms with Gasteiger partial charge in [-0.3, -0.25) is 9.59 Å². The molecule has 0 aromatic heterocycles. The summed E-state index contributed by atoms with van der Waals surface area (Å²) in [6.45, 7) is 3.12. The van der Waals surface area contributed by atoms with Crippen LogP contribution in [0.3, 0.4) is 0 Å². The summed E-state index contributed by atoms with van der Waals surface area (Å²) in [5.74, 6) is 0.122. The molecule has 1 aliphatic rings. The van der Waals surface area contributed by atoms with E-state index in [0.29, 0.717) is 24.6 Å². The van der Waals surface area contributed by atoms with Gasteiger partial charge in [-0.05, 0) is 48.4 Å². The van der Waals surface area contributed by atoms with E-state index in [2.05, 4.69) is 12.2 Å². The molecule has 0 unspecified atom stereocenters. The minimum Gasteiger partial charge on any atom is -0.494 e. The van der Waals surface area contributed by atoms with Gasteiger partial charge in [-0.1, -0.05) is 38.3 Å². The molecule has 8 nitrogen and oxygen atoms in total. The van der Waals surface area contributed by atoms with Crippen LogP contribution in [-0.4, -0.2) is 32.9 Å². The summed E-state index contributed by atoms with van der Waals surface area (Å²) in [6, 6.07) is 12.4. The Morgan fingerprint density at radius 2 is 1.72 bits per heavy atom. The molecule has 1 fully saturated rings. The number of hydrogen-bond donors (Lipinski definition) is 2. The number of imide groups is 1. The van der Waals surface area contributed by atoms with E-state index in [9.17, 15) is 18.0 Å². The fourth-order valence-electron chi connectivity index (χ4n) is 3.51. The summed E-state index contributed by atoms with van der Waals surface area (Å²) in [5, 5.41) is 8.17. The first kappa shape index (κ1) is 23.9. The lowest BCUT2D eigenvalue weighted by atomic mass is 10.2. The summed E-state index contributed by atoms with van der Waals surface area (Å²) in [5.41, 5.74) is 1.29. The van der Waals surface area contributed by atoms with Crippen molar-refractivity contribution in [1.29, 1.82) is 0 Å². The predicted molar refractivity (Wildman–Crippen MR) is 122 cm³/mol. The van der Waals surface area contributed by atoms with Crippen LogP contribution < -0.4 is 20.1 Å². The molecular formula is C23H29N3O5S. The number of hydrogen-bond acceptors (Lipinski definition) is 6. The van der Waals surface area contributed by atoms with Crippen molar-refractivity contribution < 1.29 is 22.7 Å². The smallest absolute Gasteiger partial charge is 0.251 e. The lowest BCUT2D eigenvalue weighted by Gasteiger charge is -2.16. The molecule has 1 saturated heterocycles. The summed E-state index contributed by atoms with van der Waals surface area (Å²) < 4.78 is 28.4. The maximum Gasteiger partial charge on any atom is 0.251 e. The van der Waals surface area contributed by atoms with Crippen molar-refractivity contribution in [3.05, 3.63) is 54.1 Å². The molecule has 2 amide bonds. The summed E-state index contributed by atoms with van der Waals surface area (Å²) in [6.07, 6.45) is 4.56. The number of nitrogens with two attached hydrogens (primary N) is 1. The first-order chi connectivity index (χ1) is 15.3. The molecule has 0 spiro atoms. The first-order valence-corrected chi connectivity index (χ1v) is 12.3. The molecular weight excluding hydrogens is 430 g/mol. The maximum atomic E-state index is 12.8. The van der Waals surface area contributed by atoms with E-state index < -0.39 is 16.1 Å². The standard InChI is InChI=1S/C23H29N3O5S/c1-2-3-4-5-14-31-19-10-8-18(9-11-19)26-22(27)15-21(23(26)28)25-16-17-6-12-20(13-7-17)32(24,29)30/h6-13,21,25H,2-5,14-16H2,1H3,(H2,24,29,30)/t21-/m1/s1. The average Bonchev–Trinajstić information content (AvgIpc) is 3.05. The van der Waals surface area contributed by atoms with Gasteiger partial charge in [0.05, 0.1) is 29.7 Å². The van der Waals surface area contributed by atoms with Crippen LogP contribution in [0.25, 0.3) is 0 Å². The average molecular weight is 460 g/mol. The van der Waals surface area contributed by atoms with Gasteiger partial charge in [0.1, 0.15) is 5.75 Å². The van der Waals surface area contributed by atoms with Crippen molar-refractivity contribution in [3.8, 4) is 5.75 Å². The summed E-state index contributed by atoms with van der Waals surface area (Å²) >= 11 is 0. The fraction of sp³-hybridized carbons (Fsp3) is 0.391. The number of primary sulfonamides is 1. The number of nitrogens with zero attached hydrogens (tertiary/aromatic N) is 1. The zero-order valence-electron chi connectivity index (χ0n) is 18.1. The topological polar surface area (TPSA) is 119 Å². The molecule has 3 rings (SSSR count). The van der Waals surface area contributed by atoms with Crippen LogP contribution in [0.15, 0.2) is 53.4 Å². The van der Waals surface area contributed by atoms with Crippen molar-refractivity contribution in [3.63, 3.8) is 0 Å². The number of nitrogens with one attached hydrogen (secondary N) is 1. The summed E-state index contributed by atoms with van der Waals surface area (Å²) in [7, 11) is -3.75. The van der Waals surface area contributed by atoms with Gasteiger partial charge in [0.2, 0.25) is 15.9 Å². The van der Waals surface area contributed by atoms with Crippen molar-refractivity contribution in [2.75, 3.05) is 11.5 Å². The van der Waals surface area contributed by atoms with Gasteiger partial charge in [0.25, 0.3) is 5.91 Å². The number of ether oxygens (including phenoxy) is 1. The molecule has 2 aromatic carbocycles. The Morgan fingerprint density at radius 1 is 1.03 bits per heavy atom. The van der Waals surface area contributed by atoms with Gasteiger partial charge in [0, 0.05) is 6.54 Å². The van der Waals surface area contributed by atoms with Gasteiger partial charge >= 0.3 is 0 Å². The molecule has 0 bridgehead atoms. The van der Waals surface area contributed by atoms with Crippen molar-refractivity contribution in [2.45, 2.75) is 56.5 Å². The number of rotatable bonds is 11.